The molecule has 1 aliphatic heterocycles. The number of rotatable bonds is 3. The molecule has 0 atom stereocenters. The molecule has 0 saturated heterocycles. The molecule has 0 radical (unpaired) electrons. The van der Waals surface area contributed by atoms with Gasteiger partial charge in [0.15, 0.2) is 0 Å². The molecular formula is C25H22N2. The van der Waals surface area contributed by atoms with Crippen molar-refractivity contribution in [2.75, 3.05) is 6.54 Å². The largest absolute Gasteiger partial charge is 0.289 e. The zero-order valence-electron chi connectivity index (χ0n) is 15.7. The van der Waals surface area contributed by atoms with Crippen LogP contribution in [0, 0.1) is 17.2 Å². The number of hydrogen-bond acceptors (Lipinski definition) is 2. The van der Waals surface area contributed by atoms with Gasteiger partial charge in [0.2, 0.25) is 0 Å². The zero-order valence-corrected chi connectivity index (χ0v) is 15.7. The fraction of sp³-hybridized carbons (Fsp3) is 0.200. The molecule has 0 N–H and O–H groups in total. The van der Waals surface area contributed by atoms with E-state index in [1.54, 1.807) is 0 Å². The summed E-state index contributed by atoms with van der Waals surface area (Å²) < 4.78 is 0. The Morgan fingerprint density at radius 2 is 1.63 bits per heavy atom. The Kier molecular flexibility index (Phi) is 4.60. The second-order valence-electron chi connectivity index (χ2n) is 7.35. The normalized spacial score (nSPS) is 13.6. The molecule has 2 nitrogen and oxygen atoms in total. The maximum Gasteiger partial charge on any atom is 0.0991 e. The first-order valence-corrected chi connectivity index (χ1v) is 9.44. The van der Waals surface area contributed by atoms with Gasteiger partial charge >= 0.3 is 0 Å². The topological polar surface area (TPSA) is 36.1 Å². The van der Waals surface area contributed by atoms with E-state index < -0.39 is 0 Å². The van der Waals surface area contributed by atoms with Crippen molar-refractivity contribution in [1.82, 2.24) is 0 Å². The van der Waals surface area contributed by atoms with Crippen molar-refractivity contribution < 1.29 is 0 Å². The summed E-state index contributed by atoms with van der Waals surface area (Å²) in [5.74, 6) is 0.446. The van der Waals surface area contributed by atoms with E-state index in [1.807, 2.05) is 18.2 Å². The maximum absolute atomic E-state index is 9.03. The van der Waals surface area contributed by atoms with Crippen molar-refractivity contribution in [2.45, 2.75) is 20.3 Å². The van der Waals surface area contributed by atoms with Crippen LogP contribution in [0.4, 0.5) is 0 Å². The molecule has 132 valence electrons. The molecule has 1 heterocycles. The van der Waals surface area contributed by atoms with E-state index in [4.69, 9.17) is 10.3 Å². The number of aliphatic imine (C=N–C) groups is 1. The summed E-state index contributed by atoms with van der Waals surface area (Å²) in [4.78, 5) is 4.75. The predicted molar refractivity (Wildman–Crippen MR) is 114 cm³/mol. The molecule has 2 heteroatoms. The van der Waals surface area contributed by atoms with E-state index in [2.05, 4.69) is 68.5 Å². The fourth-order valence-electron chi connectivity index (χ4n) is 3.66. The molecule has 0 amide bonds. The van der Waals surface area contributed by atoms with E-state index in [9.17, 15) is 0 Å². The summed E-state index contributed by atoms with van der Waals surface area (Å²) in [7, 11) is 0. The van der Waals surface area contributed by atoms with Crippen molar-refractivity contribution in [3.8, 4) is 6.07 Å². The lowest BCUT2D eigenvalue weighted by Gasteiger charge is -2.20. The number of hydrogen-bond donors (Lipinski definition) is 0. The average molecular weight is 350 g/mol. The first-order chi connectivity index (χ1) is 13.1. The lowest BCUT2D eigenvalue weighted by atomic mass is 9.90. The minimum Gasteiger partial charge on any atom is -0.289 e. The SMILES string of the molecule is CC(C)C1=NCCc2ccc(/C=C/c3ccc4cc(C#N)ccc4c3)cc21. The van der Waals surface area contributed by atoms with Gasteiger partial charge in [0.05, 0.1) is 11.6 Å². The Balaban J connectivity index is 1.64. The van der Waals surface area contributed by atoms with Crippen LogP contribution < -0.4 is 0 Å². The third-order valence-electron chi connectivity index (χ3n) is 5.08. The van der Waals surface area contributed by atoms with Gasteiger partial charge < -0.3 is 0 Å². The second-order valence-corrected chi connectivity index (χ2v) is 7.35. The summed E-state index contributed by atoms with van der Waals surface area (Å²) in [5, 5.41) is 11.3. The third-order valence-corrected chi connectivity index (χ3v) is 5.08. The summed E-state index contributed by atoms with van der Waals surface area (Å²) in [6.07, 6.45) is 5.34. The molecule has 0 spiro atoms. The molecule has 0 unspecified atom stereocenters. The van der Waals surface area contributed by atoms with Crippen LogP contribution in [0.2, 0.25) is 0 Å². The average Bonchev–Trinajstić information content (AvgIpc) is 2.71. The monoisotopic (exact) mass is 350 g/mol. The molecule has 0 bridgehead atoms. The Morgan fingerprint density at radius 1 is 0.926 bits per heavy atom. The van der Waals surface area contributed by atoms with Crippen LogP contribution in [0.1, 0.15) is 41.7 Å². The molecule has 0 fully saturated rings. The molecule has 3 aromatic rings. The lowest BCUT2D eigenvalue weighted by Crippen LogP contribution is -2.18. The number of benzene rings is 3. The van der Waals surface area contributed by atoms with E-state index in [0.29, 0.717) is 11.5 Å². The van der Waals surface area contributed by atoms with Crippen molar-refractivity contribution in [3.05, 3.63) is 82.4 Å². The molecule has 1 aliphatic rings. The zero-order chi connectivity index (χ0) is 18.8. The van der Waals surface area contributed by atoms with Crippen LogP contribution in [0.5, 0.6) is 0 Å². The van der Waals surface area contributed by atoms with Crippen LogP contribution in [0.15, 0.2) is 59.6 Å². The number of nitrogens with zero attached hydrogens (tertiary/aromatic N) is 2. The molecule has 27 heavy (non-hydrogen) atoms. The van der Waals surface area contributed by atoms with Crippen LogP contribution in [-0.2, 0) is 6.42 Å². The molecule has 0 aliphatic carbocycles. The van der Waals surface area contributed by atoms with Crippen LogP contribution in [0.25, 0.3) is 22.9 Å². The predicted octanol–water partition coefficient (Wildman–Crippen LogP) is 5.88. The second kappa shape index (κ2) is 7.21. The van der Waals surface area contributed by atoms with Gasteiger partial charge in [0.25, 0.3) is 0 Å². The molecule has 3 aromatic carbocycles. The summed E-state index contributed by atoms with van der Waals surface area (Å²) in [6.45, 7) is 5.33. The standard InChI is InChI=1S/C25H22N2/c1-17(2)25-24-15-19(5-8-21(24)11-12-27-25)4-3-18-6-9-23-14-20(16-26)7-10-22(23)13-18/h3-10,13-15,17H,11-12H2,1-2H3/b4-3+. The Bertz CT molecular complexity index is 1110. The highest BCUT2D eigenvalue weighted by atomic mass is 14.8. The third kappa shape index (κ3) is 3.55. The molecule has 0 saturated carbocycles. The summed E-state index contributed by atoms with van der Waals surface area (Å²) in [5.41, 5.74) is 6.99. The van der Waals surface area contributed by atoms with Gasteiger partial charge in [0, 0.05) is 12.3 Å². The van der Waals surface area contributed by atoms with Crippen LogP contribution in [-0.4, -0.2) is 12.3 Å². The van der Waals surface area contributed by atoms with E-state index >= 15 is 0 Å². The van der Waals surface area contributed by atoms with E-state index in [-0.39, 0.29) is 0 Å². The lowest BCUT2D eigenvalue weighted by molar-refractivity contribution is 0.839. The highest BCUT2D eigenvalue weighted by Crippen LogP contribution is 2.23. The number of nitriles is 1. The van der Waals surface area contributed by atoms with Gasteiger partial charge in [-0.3, -0.25) is 4.99 Å². The summed E-state index contributed by atoms with van der Waals surface area (Å²) in [6, 6.07) is 21.0. The summed E-state index contributed by atoms with van der Waals surface area (Å²) >= 11 is 0. The van der Waals surface area contributed by atoms with Gasteiger partial charge in [0.1, 0.15) is 0 Å². The van der Waals surface area contributed by atoms with Crippen LogP contribution >= 0.6 is 0 Å². The van der Waals surface area contributed by atoms with Gasteiger partial charge in [-0.25, -0.2) is 0 Å². The highest BCUT2D eigenvalue weighted by Gasteiger charge is 2.16. The smallest absolute Gasteiger partial charge is 0.0991 e. The van der Waals surface area contributed by atoms with Crippen molar-refractivity contribution in [3.63, 3.8) is 0 Å². The van der Waals surface area contributed by atoms with Gasteiger partial charge in [-0.05, 0) is 69.6 Å². The first-order valence-electron chi connectivity index (χ1n) is 9.44. The Labute approximate surface area is 160 Å². The first kappa shape index (κ1) is 17.2. The number of fused-ring (bicyclic) bond motifs is 2. The maximum atomic E-state index is 9.03. The van der Waals surface area contributed by atoms with Crippen molar-refractivity contribution >= 4 is 28.6 Å². The molecular weight excluding hydrogens is 328 g/mol. The van der Waals surface area contributed by atoms with Crippen molar-refractivity contribution in [2.24, 2.45) is 10.9 Å². The highest BCUT2D eigenvalue weighted by molar-refractivity contribution is 6.04. The molecule has 4 rings (SSSR count). The van der Waals surface area contributed by atoms with Crippen LogP contribution in [0.3, 0.4) is 0 Å². The fourth-order valence-corrected chi connectivity index (χ4v) is 3.66. The van der Waals surface area contributed by atoms with E-state index in [0.717, 1.165) is 29.3 Å². The Hall–Kier alpha value is -3.18. The van der Waals surface area contributed by atoms with Gasteiger partial charge in [-0.15, -0.1) is 0 Å². The minimum atomic E-state index is 0.446. The van der Waals surface area contributed by atoms with Gasteiger partial charge in [-0.2, -0.15) is 5.26 Å². The van der Waals surface area contributed by atoms with Crippen molar-refractivity contribution in [1.29, 1.82) is 5.26 Å². The Morgan fingerprint density at radius 3 is 2.41 bits per heavy atom. The molecule has 0 aromatic heterocycles. The van der Waals surface area contributed by atoms with E-state index in [1.165, 1.54) is 22.4 Å². The van der Waals surface area contributed by atoms with Gasteiger partial charge in [-0.1, -0.05) is 56.3 Å². The quantitative estimate of drug-likeness (QED) is 0.543. The minimum absolute atomic E-state index is 0.446.